The number of hydrogen-bond acceptors (Lipinski definition) is 3. The quantitative estimate of drug-likeness (QED) is 0.834. The lowest BCUT2D eigenvalue weighted by Gasteiger charge is -2.14. The molecule has 114 valence electrons. The van der Waals surface area contributed by atoms with Gasteiger partial charge >= 0.3 is 5.97 Å². The van der Waals surface area contributed by atoms with Crippen LogP contribution in [-0.2, 0) is 20.7 Å². The first kappa shape index (κ1) is 15.8. The van der Waals surface area contributed by atoms with Crippen molar-refractivity contribution in [2.75, 3.05) is 6.61 Å². The van der Waals surface area contributed by atoms with E-state index >= 15 is 0 Å². The Bertz CT molecular complexity index is 611. The smallest absolute Gasteiger partial charge is 0.310 e. The van der Waals surface area contributed by atoms with Crippen molar-refractivity contribution in [2.45, 2.75) is 19.4 Å². The summed E-state index contributed by atoms with van der Waals surface area (Å²) >= 11 is 0. The average Bonchev–Trinajstić information content (AvgIpc) is 2.55. The average molecular weight is 297 g/mol. The maximum absolute atomic E-state index is 11.8. The van der Waals surface area contributed by atoms with Crippen LogP contribution in [0.4, 0.5) is 0 Å². The van der Waals surface area contributed by atoms with Gasteiger partial charge in [-0.05, 0) is 18.1 Å². The van der Waals surface area contributed by atoms with E-state index < -0.39 is 5.97 Å². The molecule has 0 aliphatic carbocycles. The van der Waals surface area contributed by atoms with Gasteiger partial charge in [0.05, 0.1) is 12.5 Å². The molecule has 0 fully saturated rings. The zero-order chi connectivity index (χ0) is 15.8. The highest BCUT2D eigenvalue weighted by atomic mass is 16.5. The van der Waals surface area contributed by atoms with Crippen LogP contribution in [0, 0.1) is 0 Å². The Kier molecular flexibility index (Phi) is 5.72. The van der Waals surface area contributed by atoms with E-state index in [9.17, 15) is 9.59 Å². The van der Waals surface area contributed by atoms with Crippen LogP contribution in [0.1, 0.15) is 24.1 Å². The minimum atomic E-state index is -0.409. The molecule has 2 rings (SSSR count). The highest BCUT2D eigenvalue weighted by molar-refractivity contribution is 5.81. The van der Waals surface area contributed by atoms with Gasteiger partial charge in [-0.3, -0.25) is 9.59 Å². The highest BCUT2D eigenvalue weighted by Crippen LogP contribution is 2.10. The first-order chi connectivity index (χ1) is 10.6. The molecule has 4 nitrogen and oxygen atoms in total. The summed E-state index contributed by atoms with van der Waals surface area (Å²) in [6.07, 6.45) is 0.169. The Morgan fingerprint density at radius 1 is 1.00 bits per heavy atom. The van der Waals surface area contributed by atoms with Crippen molar-refractivity contribution < 1.29 is 14.3 Å². The molecule has 22 heavy (non-hydrogen) atoms. The van der Waals surface area contributed by atoms with Crippen LogP contribution in [-0.4, -0.2) is 18.5 Å². The summed E-state index contributed by atoms with van der Waals surface area (Å²) in [7, 11) is 0. The van der Waals surface area contributed by atoms with E-state index in [-0.39, 0.29) is 25.0 Å². The summed E-state index contributed by atoms with van der Waals surface area (Å²) in [5.74, 6) is -0.716. The van der Waals surface area contributed by atoms with Gasteiger partial charge in [0.25, 0.3) is 5.91 Å². The summed E-state index contributed by atoms with van der Waals surface area (Å²) in [6.45, 7) is 1.63. The van der Waals surface area contributed by atoms with Gasteiger partial charge in [-0.2, -0.15) is 0 Å². The molecule has 0 saturated carbocycles. The van der Waals surface area contributed by atoms with Crippen molar-refractivity contribution in [1.82, 2.24) is 5.32 Å². The van der Waals surface area contributed by atoms with Crippen LogP contribution in [0.25, 0.3) is 0 Å². The fraction of sp³-hybridized carbons (Fsp3) is 0.222. The summed E-state index contributed by atoms with van der Waals surface area (Å²) in [5, 5.41) is 2.80. The third kappa shape index (κ3) is 5.05. The van der Waals surface area contributed by atoms with E-state index in [2.05, 4.69) is 5.32 Å². The molecule has 0 aromatic heterocycles. The van der Waals surface area contributed by atoms with E-state index in [0.29, 0.717) is 0 Å². The predicted octanol–water partition coefficient (Wildman–Crippen LogP) is 2.65. The van der Waals surface area contributed by atoms with Gasteiger partial charge in [0, 0.05) is 0 Å². The molecular formula is C18H19NO3. The summed E-state index contributed by atoms with van der Waals surface area (Å²) in [5.41, 5.74) is 1.87. The lowest BCUT2D eigenvalue weighted by molar-refractivity contribution is -0.148. The summed E-state index contributed by atoms with van der Waals surface area (Å²) in [4.78, 5) is 23.5. The third-order valence-corrected chi connectivity index (χ3v) is 3.23. The molecule has 1 amide bonds. The zero-order valence-corrected chi connectivity index (χ0v) is 12.5. The number of ether oxygens (including phenoxy) is 1. The van der Waals surface area contributed by atoms with Crippen LogP contribution in [0.2, 0.25) is 0 Å². The normalized spacial score (nSPS) is 11.5. The minimum Gasteiger partial charge on any atom is -0.455 e. The number of nitrogens with one attached hydrogen (secondary N) is 1. The van der Waals surface area contributed by atoms with Crippen LogP contribution < -0.4 is 5.32 Å². The standard InChI is InChI=1S/C18H19NO3/c1-14(16-10-6-3-7-11-16)19-17(20)13-22-18(21)12-15-8-4-2-5-9-15/h2-11,14H,12-13H2,1H3,(H,19,20)/t14-/m1/s1. The monoisotopic (exact) mass is 297 g/mol. The summed E-state index contributed by atoms with van der Waals surface area (Å²) < 4.78 is 4.99. The van der Waals surface area contributed by atoms with E-state index in [4.69, 9.17) is 4.74 Å². The van der Waals surface area contributed by atoms with Gasteiger partial charge in [0.1, 0.15) is 0 Å². The number of amides is 1. The van der Waals surface area contributed by atoms with E-state index in [1.54, 1.807) is 0 Å². The van der Waals surface area contributed by atoms with Crippen LogP contribution in [0.3, 0.4) is 0 Å². The Morgan fingerprint density at radius 3 is 2.23 bits per heavy atom. The molecule has 4 heteroatoms. The minimum absolute atomic E-state index is 0.124. The van der Waals surface area contributed by atoms with Crippen molar-refractivity contribution in [1.29, 1.82) is 0 Å². The number of benzene rings is 2. The summed E-state index contributed by atoms with van der Waals surface area (Å²) in [6, 6.07) is 18.8. The second kappa shape index (κ2) is 7.98. The third-order valence-electron chi connectivity index (χ3n) is 3.23. The van der Waals surface area contributed by atoms with Crippen molar-refractivity contribution in [2.24, 2.45) is 0 Å². The first-order valence-electron chi connectivity index (χ1n) is 7.19. The molecule has 2 aromatic carbocycles. The number of hydrogen-bond donors (Lipinski definition) is 1. The fourth-order valence-electron chi connectivity index (χ4n) is 2.07. The van der Waals surface area contributed by atoms with Gasteiger partial charge in [0.15, 0.2) is 6.61 Å². The Labute approximate surface area is 130 Å². The van der Waals surface area contributed by atoms with Crippen molar-refractivity contribution in [3.63, 3.8) is 0 Å². The second-order valence-corrected chi connectivity index (χ2v) is 5.02. The molecule has 1 N–H and O–H groups in total. The van der Waals surface area contributed by atoms with E-state index in [1.165, 1.54) is 0 Å². The molecule has 0 unspecified atom stereocenters. The van der Waals surface area contributed by atoms with Gasteiger partial charge < -0.3 is 10.1 Å². The molecule has 1 atom stereocenters. The number of esters is 1. The number of rotatable bonds is 6. The molecule has 0 aliphatic rings. The maximum Gasteiger partial charge on any atom is 0.310 e. The SMILES string of the molecule is C[C@@H](NC(=O)COC(=O)Cc1ccccc1)c1ccccc1. The van der Waals surface area contributed by atoms with Gasteiger partial charge in [0.2, 0.25) is 0 Å². The largest absolute Gasteiger partial charge is 0.455 e. The van der Waals surface area contributed by atoms with Gasteiger partial charge in [-0.25, -0.2) is 0 Å². The first-order valence-corrected chi connectivity index (χ1v) is 7.19. The topological polar surface area (TPSA) is 55.4 Å². The van der Waals surface area contributed by atoms with Crippen molar-refractivity contribution >= 4 is 11.9 Å². The molecule has 2 aromatic rings. The molecular weight excluding hydrogens is 278 g/mol. The van der Waals surface area contributed by atoms with E-state index in [1.807, 2.05) is 67.6 Å². The lowest BCUT2D eigenvalue weighted by Crippen LogP contribution is -2.31. The van der Waals surface area contributed by atoms with Gasteiger partial charge in [-0.15, -0.1) is 0 Å². The fourth-order valence-corrected chi connectivity index (χ4v) is 2.07. The Balaban J connectivity index is 1.74. The second-order valence-electron chi connectivity index (χ2n) is 5.02. The molecule has 0 heterocycles. The zero-order valence-electron chi connectivity index (χ0n) is 12.5. The number of carbonyl (C=O) groups is 2. The number of carbonyl (C=O) groups excluding carboxylic acids is 2. The van der Waals surface area contributed by atoms with Crippen molar-refractivity contribution in [3.8, 4) is 0 Å². The lowest BCUT2D eigenvalue weighted by atomic mass is 10.1. The molecule has 0 saturated heterocycles. The Morgan fingerprint density at radius 2 is 1.59 bits per heavy atom. The Hall–Kier alpha value is -2.62. The van der Waals surface area contributed by atoms with Crippen molar-refractivity contribution in [3.05, 3.63) is 71.8 Å². The molecule has 0 bridgehead atoms. The van der Waals surface area contributed by atoms with Crippen LogP contribution in [0.5, 0.6) is 0 Å². The van der Waals surface area contributed by atoms with E-state index in [0.717, 1.165) is 11.1 Å². The molecule has 0 spiro atoms. The predicted molar refractivity (Wildman–Crippen MR) is 84.1 cm³/mol. The van der Waals surface area contributed by atoms with Gasteiger partial charge in [-0.1, -0.05) is 60.7 Å². The maximum atomic E-state index is 11.8. The van der Waals surface area contributed by atoms with Crippen LogP contribution >= 0.6 is 0 Å². The highest BCUT2D eigenvalue weighted by Gasteiger charge is 2.12. The molecule has 0 radical (unpaired) electrons. The molecule has 0 aliphatic heterocycles. The van der Waals surface area contributed by atoms with Crippen LogP contribution in [0.15, 0.2) is 60.7 Å².